The molecule has 0 aliphatic rings. The molecule has 0 spiro atoms. The molecule has 170 valence electrons. The van der Waals surface area contributed by atoms with E-state index >= 15 is 0 Å². The topological polar surface area (TPSA) is 64.3 Å². The van der Waals surface area contributed by atoms with E-state index in [0.29, 0.717) is 26.1 Å². The second-order valence-electron chi connectivity index (χ2n) is 8.17. The maximum atomic E-state index is 11.6. The summed E-state index contributed by atoms with van der Waals surface area (Å²) < 4.78 is 5.18. The number of ether oxygens (including phenoxy) is 1. The number of nitrogens with one attached hydrogen (secondary N) is 1. The number of carbonyl (C=O) groups is 1. The van der Waals surface area contributed by atoms with Crippen LogP contribution in [0.2, 0.25) is 0 Å². The van der Waals surface area contributed by atoms with Gasteiger partial charge < -0.3 is 15.8 Å². The van der Waals surface area contributed by atoms with Crippen molar-refractivity contribution in [3.05, 3.63) is 0 Å². The van der Waals surface area contributed by atoms with Crippen LogP contribution in [0.25, 0.3) is 0 Å². The molecule has 0 radical (unpaired) electrons. The van der Waals surface area contributed by atoms with Gasteiger partial charge in [-0.3, -0.25) is 4.79 Å². The Morgan fingerprint density at radius 3 is 1.52 bits per heavy atom. The fraction of sp³-hybridized carbons (Fsp3) is 0.958. The summed E-state index contributed by atoms with van der Waals surface area (Å²) in [6, 6.07) is 0. The summed E-state index contributed by atoms with van der Waals surface area (Å²) in [5.74, 6) is -0.0597. The molecule has 0 saturated heterocycles. The van der Waals surface area contributed by atoms with Gasteiger partial charge in [-0.25, -0.2) is 0 Å². The maximum absolute atomic E-state index is 11.6. The molecular weight excluding hydrogens is 371 g/mol. The van der Waals surface area contributed by atoms with Crippen LogP contribution in [0.4, 0.5) is 0 Å². The number of unbranched alkanes of at least 4 members (excludes halogenated alkanes) is 16. The van der Waals surface area contributed by atoms with Crippen molar-refractivity contribution < 1.29 is 9.53 Å². The number of carbonyl (C=O) groups excluding carboxylic acids is 1. The van der Waals surface area contributed by atoms with Gasteiger partial charge in [-0.1, -0.05) is 110 Å². The van der Waals surface area contributed by atoms with Crippen LogP contribution in [-0.2, 0) is 9.53 Å². The molecule has 0 amide bonds. The van der Waals surface area contributed by atoms with Gasteiger partial charge in [0.2, 0.25) is 0 Å². The van der Waals surface area contributed by atoms with Gasteiger partial charge >= 0.3 is 35.5 Å². The fourth-order valence-corrected chi connectivity index (χ4v) is 3.53. The van der Waals surface area contributed by atoms with E-state index in [-0.39, 0.29) is 35.5 Å². The minimum absolute atomic E-state index is 0. The first-order chi connectivity index (χ1) is 13.8. The van der Waals surface area contributed by atoms with E-state index in [9.17, 15) is 4.79 Å². The Kier molecular flexibility index (Phi) is 30.9. The molecule has 0 unspecified atom stereocenters. The zero-order chi connectivity index (χ0) is 20.5. The number of hydrogen-bond donors (Lipinski definition) is 2. The molecule has 0 heterocycles. The van der Waals surface area contributed by atoms with Crippen molar-refractivity contribution >= 4 is 35.5 Å². The fourth-order valence-electron chi connectivity index (χ4n) is 3.53. The van der Waals surface area contributed by atoms with Crippen LogP contribution >= 0.6 is 0 Å². The summed E-state index contributed by atoms with van der Waals surface area (Å²) in [7, 11) is 0. The molecule has 0 fully saturated rings. The second kappa shape index (κ2) is 28.4. The van der Waals surface area contributed by atoms with Crippen LogP contribution in [0.3, 0.4) is 0 Å². The summed E-state index contributed by atoms with van der Waals surface area (Å²) in [6.07, 6.45) is 23.7. The second-order valence-corrected chi connectivity index (χ2v) is 8.17. The third-order valence-corrected chi connectivity index (χ3v) is 5.35. The van der Waals surface area contributed by atoms with E-state index in [4.69, 9.17) is 10.5 Å². The van der Waals surface area contributed by atoms with Crippen LogP contribution in [0.1, 0.15) is 122 Å². The van der Waals surface area contributed by atoms with Crippen LogP contribution in [0.5, 0.6) is 0 Å². The van der Waals surface area contributed by atoms with Gasteiger partial charge in [-0.05, 0) is 6.42 Å². The molecule has 0 aromatic heterocycles. The molecule has 0 rings (SSSR count). The first-order valence-corrected chi connectivity index (χ1v) is 12.4. The summed E-state index contributed by atoms with van der Waals surface area (Å²) >= 11 is 0. The molecule has 4 nitrogen and oxygen atoms in total. The molecule has 5 heteroatoms. The van der Waals surface area contributed by atoms with E-state index in [2.05, 4.69) is 12.2 Å². The molecule has 0 aliphatic heterocycles. The number of esters is 1. The van der Waals surface area contributed by atoms with Gasteiger partial charge in [0.1, 0.15) is 6.61 Å². The van der Waals surface area contributed by atoms with Gasteiger partial charge in [0, 0.05) is 26.1 Å². The summed E-state index contributed by atoms with van der Waals surface area (Å²) in [5.41, 5.74) is 5.38. The standard InChI is InChI=1S/C24H50N2O2.Na.H/c1-2-3-4-5-6-7-8-9-10-11-12-13-14-15-16-17-18-19-24(27)28-23-22-26-21-20-25;;/h26H,2-23,25H2,1H3;;. The van der Waals surface area contributed by atoms with Crippen LogP contribution in [0, 0.1) is 0 Å². The van der Waals surface area contributed by atoms with Crippen molar-refractivity contribution in [2.75, 3.05) is 26.2 Å². The van der Waals surface area contributed by atoms with Gasteiger partial charge in [-0.15, -0.1) is 0 Å². The first-order valence-electron chi connectivity index (χ1n) is 12.4. The normalized spacial score (nSPS) is 10.7. The average molecular weight is 423 g/mol. The average Bonchev–Trinajstić information content (AvgIpc) is 2.70. The number of nitrogens with two attached hydrogens (primary N) is 1. The van der Waals surface area contributed by atoms with Crippen LogP contribution < -0.4 is 11.1 Å². The van der Waals surface area contributed by atoms with Crippen molar-refractivity contribution in [3.8, 4) is 0 Å². The number of hydrogen-bond acceptors (Lipinski definition) is 4. The van der Waals surface area contributed by atoms with E-state index in [1.807, 2.05) is 0 Å². The monoisotopic (exact) mass is 422 g/mol. The van der Waals surface area contributed by atoms with Crippen LogP contribution in [-0.4, -0.2) is 61.8 Å². The SMILES string of the molecule is CCCCCCCCCCCCCCCCCCCC(=O)OCCNCCN.[NaH]. The Labute approximate surface area is 204 Å². The van der Waals surface area contributed by atoms with E-state index in [0.717, 1.165) is 19.4 Å². The van der Waals surface area contributed by atoms with Crippen molar-refractivity contribution in [1.29, 1.82) is 0 Å². The summed E-state index contributed by atoms with van der Waals surface area (Å²) in [6.45, 7) is 4.83. The van der Waals surface area contributed by atoms with Gasteiger partial charge in [0.15, 0.2) is 0 Å². The molecule has 0 atom stereocenters. The Morgan fingerprint density at radius 1 is 0.690 bits per heavy atom. The predicted octanol–water partition coefficient (Wildman–Crippen LogP) is 5.47. The molecule has 0 saturated carbocycles. The minimum atomic E-state index is -0.0597. The third kappa shape index (κ3) is 28.4. The summed E-state index contributed by atoms with van der Waals surface area (Å²) in [4.78, 5) is 11.6. The molecule has 0 bridgehead atoms. The zero-order valence-corrected chi connectivity index (χ0v) is 19.0. The third-order valence-electron chi connectivity index (χ3n) is 5.35. The van der Waals surface area contributed by atoms with Gasteiger partial charge in [-0.2, -0.15) is 0 Å². The Bertz CT molecular complexity index is 317. The van der Waals surface area contributed by atoms with E-state index in [1.165, 1.54) is 96.3 Å². The quantitative estimate of drug-likeness (QED) is 0.130. The van der Waals surface area contributed by atoms with Crippen LogP contribution in [0.15, 0.2) is 0 Å². The molecule has 0 aliphatic carbocycles. The predicted molar refractivity (Wildman–Crippen MR) is 129 cm³/mol. The van der Waals surface area contributed by atoms with Crippen molar-refractivity contribution in [2.45, 2.75) is 122 Å². The summed E-state index contributed by atoms with van der Waals surface area (Å²) in [5, 5.41) is 3.11. The molecule has 29 heavy (non-hydrogen) atoms. The molecular formula is C24H51N2NaO2. The Balaban J connectivity index is 0. The van der Waals surface area contributed by atoms with Crippen molar-refractivity contribution in [2.24, 2.45) is 5.73 Å². The van der Waals surface area contributed by atoms with Crippen molar-refractivity contribution in [3.63, 3.8) is 0 Å². The van der Waals surface area contributed by atoms with Crippen molar-refractivity contribution in [1.82, 2.24) is 5.32 Å². The van der Waals surface area contributed by atoms with E-state index < -0.39 is 0 Å². The molecule has 0 aromatic carbocycles. The molecule has 0 aromatic rings. The van der Waals surface area contributed by atoms with Gasteiger partial charge in [0.25, 0.3) is 0 Å². The number of rotatable bonds is 23. The first kappa shape index (κ1) is 31.6. The van der Waals surface area contributed by atoms with Gasteiger partial charge in [0.05, 0.1) is 0 Å². The molecule has 3 N–H and O–H groups in total. The zero-order valence-electron chi connectivity index (χ0n) is 19.0. The van der Waals surface area contributed by atoms with E-state index in [1.54, 1.807) is 0 Å². The Morgan fingerprint density at radius 2 is 1.10 bits per heavy atom. The Hall–Kier alpha value is 0.390.